The van der Waals surface area contributed by atoms with Crippen LogP contribution in [0.25, 0.3) is 10.9 Å². The molecule has 6 nitrogen and oxygen atoms in total. The maximum absolute atomic E-state index is 13.2. The molecule has 7 heteroatoms. The number of rotatable bonds is 4. The van der Waals surface area contributed by atoms with Gasteiger partial charge in [-0.25, -0.2) is 9.37 Å². The molecular weight excluding hydrogens is 313 g/mol. The largest absolute Gasteiger partial charge is 0.495 e. The number of fused-ring (bicyclic) bond motifs is 1. The number of carbonyl (C=O) groups is 1. The third kappa shape index (κ3) is 3.24. The number of halogens is 1. The Hall–Kier alpha value is -3.22. The van der Waals surface area contributed by atoms with Gasteiger partial charge in [0.2, 0.25) is 5.91 Å². The lowest BCUT2D eigenvalue weighted by molar-refractivity contribution is -0.115. The molecular formula is C17H14FN3O3. The van der Waals surface area contributed by atoms with Crippen molar-refractivity contribution in [2.45, 2.75) is 6.42 Å². The van der Waals surface area contributed by atoms with Crippen molar-refractivity contribution < 1.29 is 13.9 Å². The van der Waals surface area contributed by atoms with Crippen LogP contribution in [-0.2, 0) is 11.2 Å². The van der Waals surface area contributed by atoms with E-state index >= 15 is 0 Å². The molecule has 0 unspecified atom stereocenters. The quantitative estimate of drug-likeness (QED) is 0.770. The van der Waals surface area contributed by atoms with Crippen LogP contribution in [0.1, 0.15) is 5.82 Å². The van der Waals surface area contributed by atoms with E-state index in [0.717, 1.165) is 6.07 Å². The Labute approximate surface area is 136 Å². The van der Waals surface area contributed by atoms with Gasteiger partial charge in [-0.05, 0) is 30.3 Å². The Kier molecular flexibility index (Phi) is 4.24. The second-order valence-corrected chi connectivity index (χ2v) is 5.10. The van der Waals surface area contributed by atoms with E-state index in [0.29, 0.717) is 17.0 Å². The molecule has 0 fully saturated rings. The number of nitrogens with zero attached hydrogens (tertiary/aromatic N) is 1. The minimum Gasteiger partial charge on any atom is -0.495 e. The summed E-state index contributed by atoms with van der Waals surface area (Å²) in [6, 6.07) is 10.7. The predicted molar refractivity (Wildman–Crippen MR) is 87.6 cm³/mol. The molecule has 0 bridgehead atoms. The van der Waals surface area contributed by atoms with Gasteiger partial charge in [0.15, 0.2) is 0 Å². The Morgan fingerprint density at radius 2 is 2.08 bits per heavy atom. The number of methoxy groups -OCH3 is 1. The molecule has 3 aromatic rings. The fraction of sp³-hybridized carbons (Fsp3) is 0.118. The summed E-state index contributed by atoms with van der Waals surface area (Å²) in [5, 5.41) is 2.84. The van der Waals surface area contributed by atoms with Crippen LogP contribution in [0.5, 0.6) is 5.75 Å². The molecule has 2 aromatic carbocycles. The molecule has 122 valence electrons. The lowest BCUT2D eigenvalue weighted by Gasteiger charge is -2.09. The summed E-state index contributed by atoms with van der Waals surface area (Å²) in [5.41, 5.74) is 0.370. The van der Waals surface area contributed by atoms with Crippen molar-refractivity contribution in [2.75, 3.05) is 12.4 Å². The number of para-hydroxylation sites is 2. The molecule has 0 aliphatic rings. The molecule has 0 atom stereocenters. The van der Waals surface area contributed by atoms with Gasteiger partial charge in [0.25, 0.3) is 5.56 Å². The highest BCUT2D eigenvalue weighted by molar-refractivity contribution is 5.93. The van der Waals surface area contributed by atoms with Crippen molar-refractivity contribution in [3.8, 4) is 5.75 Å². The minimum atomic E-state index is -0.517. The van der Waals surface area contributed by atoms with Crippen molar-refractivity contribution in [2.24, 2.45) is 0 Å². The number of hydrogen-bond acceptors (Lipinski definition) is 4. The molecule has 0 aliphatic heterocycles. The molecule has 1 heterocycles. The van der Waals surface area contributed by atoms with Crippen LogP contribution < -0.4 is 15.6 Å². The zero-order valence-corrected chi connectivity index (χ0v) is 12.8. The van der Waals surface area contributed by atoms with Crippen molar-refractivity contribution in [1.82, 2.24) is 9.97 Å². The van der Waals surface area contributed by atoms with Gasteiger partial charge < -0.3 is 15.0 Å². The van der Waals surface area contributed by atoms with Crippen LogP contribution >= 0.6 is 0 Å². The third-order valence-corrected chi connectivity index (χ3v) is 3.43. The van der Waals surface area contributed by atoms with E-state index < -0.39 is 11.4 Å². The second-order valence-electron chi connectivity index (χ2n) is 5.10. The summed E-state index contributed by atoms with van der Waals surface area (Å²) in [7, 11) is 1.51. The van der Waals surface area contributed by atoms with Gasteiger partial charge in [0.1, 0.15) is 17.4 Å². The fourth-order valence-corrected chi connectivity index (χ4v) is 2.34. The highest BCUT2D eigenvalue weighted by atomic mass is 19.1. The Balaban J connectivity index is 1.83. The molecule has 0 radical (unpaired) electrons. The number of benzene rings is 2. The number of nitrogens with one attached hydrogen (secondary N) is 2. The zero-order valence-electron chi connectivity index (χ0n) is 12.8. The average Bonchev–Trinajstić information content (AvgIpc) is 2.56. The number of hydrogen-bond donors (Lipinski definition) is 2. The second kappa shape index (κ2) is 6.49. The van der Waals surface area contributed by atoms with Crippen LogP contribution in [0.15, 0.2) is 47.3 Å². The van der Waals surface area contributed by atoms with E-state index in [4.69, 9.17) is 4.74 Å². The third-order valence-electron chi connectivity index (χ3n) is 3.43. The topological polar surface area (TPSA) is 84.1 Å². The normalized spacial score (nSPS) is 10.6. The molecule has 1 aromatic heterocycles. The molecule has 0 saturated heterocycles. The van der Waals surface area contributed by atoms with E-state index in [1.807, 2.05) is 0 Å². The average molecular weight is 327 g/mol. The molecule has 3 rings (SSSR count). The number of amides is 1. The molecule has 2 N–H and O–H groups in total. The summed E-state index contributed by atoms with van der Waals surface area (Å²) in [5.74, 6) is -0.145. The number of aromatic amines is 1. The molecule has 0 saturated carbocycles. The first kappa shape index (κ1) is 15.7. The van der Waals surface area contributed by atoms with Gasteiger partial charge in [0.05, 0.1) is 30.1 Å². The molecule has 1 amide bonds. The highest BCUT2D eigenvalue weighted by Gasteiger charge is 2.11. The van der Waals surface area contributed by atoms with Gasteiger partial charge in [-0.2, -0.15) is 0 Å². The van der Waals surface area contributed by atoms with E-state index in [-0.39, 0.29) is 23.5 Å². The Morgan fingerprint density at radius 1 is 1.29 bits per heavy atom. The first-order valence-electron chi connectivity index (χ1n) is 7.18. The molecule has 24 heavy (non-hydrogen) atoms. The monoisotopic (exact) mass is 327 g/mol. The fourth-order valence-electron chi connectivity index (χ4n) is 2.34. The first-order chi connectivity index (χ1) is 11.6. The van der Waals surface area contributed by atoms with Crippen LogP contribution in [0.3, 0.4) is 0 Å². The summed E-state index contributed by atoms with van der Waals surface area (Å²) in [6.45, 7) is 0. The lowest BCUT2D eigenvalue weighted by Crippen LogP contribution is -2.20. The van der Waals surface area contributed by atoms with Gasteiger partial charge in [0, 0.05) is 0 Å². The van der Waals surface area contributed by atoms with Crippen LogP contribution in [0.4, 0.5) is 10.1 Å². The van der Waals surface area contributed by atoms with Gasteiger partial charge >= 0.3 is 0 Å². The van der Waals surface area contributed by atoms with Crippen molar-refractivity contribution in [1.29, 1.82) is 0 Å². The maximum Gasteiger partial charge on any atom is 0.258 e. The van der Waals surface area contributed by atoms with Crippen molar-refractivity contribution >= 4 is 22.5 Å². The summed E-state index contributed by atoms with van der Waals surface area (Å²) in [6.07, 6.45) is -0.124. The number of H-pyrrole nitrogens is 1. The first-order valence-corrected chi connectivity index (χ1v) is 7.18. The van der Waals surface area contributed by atoms with E-state index in [1.54, 1.807) is 24.3 Å². The number of aromatic nitrogens is 2. The minimum absolute atomic E-state index is 0.124. The van der Waals surface area contributed by atoms with E-state index in [1.165, 1.54) is 19.2 Å². The number of carbonyl (C=O) groups excluding carboxylic acids is 1. The van der Waals surface area contributed by atoms with Gasteiger partial charge in [-0.15, -0.1) is 0 Å². The molecule has 0 aliphatic carbocycles. The smallest absolute Gasteiger partial charge is 0.258 e. The zero-order chi connectivity index (χ0) is 17.1. The number of ether oxygens (including phenoxy) is 1. The lowest BCUT2D eigenvalue weighted by atomic mass is 10.2. The van der Waals surface area contributed by atoms with Gasteiger partial charge in [-0.3, -0.25) is 9.59 Å². The van der Waals surface area contributed by atoms with Crippen LogP contribution in [0, 0.1) is 5.82 Å². The maximum atomic E-state index is 13.2. The van der Waals surface area contributed by atoms with Crippen LogP contribution in [-0.4, -0.2) is 23.0 Å². The summed E-state index contributed by atoms with van der Waals surface area (Å²) in [4.78, 5) is 30.8. The summed E-state index contributed by atoms with van der Waals surface area (Å²) < 4.78 is 18.3. The highest BCUT2D eigenvalue weighted by Crippen LogP contribution is 2.23. The standard InChI is InChI=1S/C17H14FN3O3/c1-24-14-5-3-2-4-13(14)20-16(22)9-15-19-12-7-6-10(18)8-11(12)17(23)21-15/h2-8H,9H2,1H3,(H,20,22)(H,19,21,23). The summed E-state index contributed by atoms with van der Waals surface area (Å²) >= 11 is 0. The van der Waals surface area contributed by atoms with Crippen LogP contribution in [0.2, 0.25) is 0 Å². The van der Waals surface area contributed by atoms with Crippen molar-refractivity contribution in [3.05, 3.63) is 64.5 Å². The predicted octanol–water partition coefficient (Wildman–Crippen LogP) is 2.25. The Bertz CT molecular complexity index is 969. The SMILES string of the molecule is COc1ccccc1NC(=O)Cc1nc2ccc(F)cc2c(=O)[nH]1. The number of anilines is 1. The van der Waals surface area contributed by atoms with E-state index in [2.05, 4.69) is 15.3 Å². The van der Waals surface area contributed by atoms with Crippen molar-refractivity contribution in [3.63, 3.8) is 0 Å². The van der Waals surface area contributed by atoms with E-state index in [9.17, 15) is 14.0 Å². The Morgan fingerprint density at radius 3 is 2.88 bits per heavy atom. The van der Waals surface area contributed by atoms with Gasteiger partial charge in [-0.1, -0.05) is 12.1 Å². The molecule has 0 spiro atoms.